The number of benzene rings is 1. The third kappa shape index (κ3) is 5.89. The second kappa shape index (κ2) is 11.1. The number of imidazole rings is 1. The molecule has 2 heterocycles. The summed E-state index contributed by atoms with van der Waals surface area (Å²) in [6, 6.07) is 7.62. The van der Waals surface area contributed by atoms with Crippen molar-refractivity contribution in [2.45, 2.75) is 77.7 Å². The lowest BCUT2D eigenvalue weighted by Gasteiger charge is -2.14. The van der Waals surface area contributed by atoms with Gasteiger partial charge < -0.3 is 4.74 Å². The first kappa shape index (κ1) is 21.5. The van der Waals surface area contributed by atoms with E-state index in [1.54, 1.807) is 10.1 Å². The highest BCUT2D eigenvalue weighted by atomic mass is 32.1. The minimum Gasteiger partial charge on any atom is -0.446 e. The first-order valence-corrected chi connectivity index (χ1v) is 11.7. The van der Waals surface area contributed by atoms with Gasteiger partial charge in [0.15, 0.2) is 5.82 Å². The zero-order chi connectivity index (χ0) is 20.5. The summed E-state index contributed by atoms with van der Waals surface area (Å²) in [5.41, 5.74) is 3.96. The standard InChI is InChI=1S/C23H31N3O2S/c1-3-4-5-6-7-8-9-10-13-18(2)28-23(27)26-21-15-12-11-14-19(21)25-22(26)20-16-29-17-24-20/h11-12,14-18H,3-10,13H2,1-2H3. The molecule has 0 aliphatic carbocycles. The summed E-state index contributed by atoms with van der Waals surface area (Å²) in [7, 11) is 0. The van der Waals surface area contributed by atoms with Crippen LogP contribution in [0.1, 0.15) is 71.6 Å². The Morgan fingerprint density at radius 2 is 1.83 bits per heavy atom. The number of nitrogens with zero attached hydrogens (tertiary/aromatic N) is 3. The lowest BCUT2D eigenvalue weighted by Crippen LogP contribution is -2.21. The van der Waals surface area contributed by atoms with Crippen LogP contribution in [-0.2, 0) is 4.74 Å². The smallest absolute Gasteiger partial charge is 0.420 e. The van der Waals surface area contributed by atoms with E-state index < -0.39 is 0 Å². The highest BCUT2D eigenvalue weighted by Crippen LogP contribution is 2.25. The van der Waals surface area contributed by atoms with Crippen LogP contribution < -0.4 is 0 Å². The molecule has 3 rings (SSSR count). The third-order valence-electron chi connectivity index (χ3n) is 5.17. The van der Waals surface area contributed by atoms with Crippen molar-refractivity contribution in [2.24, 2.45) is 0 Å². The number of ether oxygens (including phenoxy) is 1. The van der Waals surface area contributed by atoms with E-state index in [2.05, 4.69) is 16.9 Å². The lowest BCUT2D eigenvalue weighted by atomic mass is 10.1. The minimum absolute atomic E-state index is 0.118. The number of rotatable bonds is 11. The third-order valence-corrected chi connectivity index (χ3v) is 5.76. The largest absolute Gasteiger partial charge is 0.446 e. The number of carbonyl (C=O) groups is 1. The van der Waals surface area contributed by atoms with Crippen LogP contribution >= 0.6 is 11.3 Å². The zero-order valence-electron chi connectivity index (χ0n) is 17.5. The molecule has 1 aromatic carbocycles. The fraction of sp³-hybridized carbons (Fsp3) is 0.522. The monoisotopic (exact) mass is 413 g/mol. The second-order valence-corrected chi connectivity index (χ2v) is 8.31. The Kier molecular flexibility index (Phi) is 8.23. The molecule has 0 fully saturated rings. The highest BCUT2D eigenvalue weighted by Gasteiger charge is 2.21. The Morgan fingerprint density at radius 1 is 1.10 bits per heavy atom. The van der Waals surface area contributed by atoms with Gasteiger partial charge in [-0.1, -0.05) is 64.0 Å². The summed E-state index contributed by atoms with van der Waals surface area (Å²) in [6.45, 7) is 4.22. The van der Waals surface area contributed by atoms with Crippen molar-refractivity contribution in [2.75, 3.05) is 0 Å². The Morgan fingerprint density at radius 3 is 2.55 bits per heavy atom. The van der Waals surface area contributed by atoms with Gasteiger partial charge in [-0.3, -0.25) is 0 Å². The average Bonchev–Trinajstić information content (AvgIpc) is 3.37. The van der Waals surface area contributed by atoms with Crippen molar-refractivity contribution in [1.82, 2.24) is 14.5 Å². The number of carbonyl (C=O) groups excluding carboxylic acids is 1. The Bertz CT molecular complexity index is 889. The first-order chi connectivity index (χ1) is 14.2. The van der Waals surface area contributed by atoms with Crippen LogP contribution in [-0.4, -0.2) is 26.7 Å². The van der Waals surface area contributed by atoms with Crippen LogP contribution in [0.2, 0.25) is 0 Å². The molecule has 0 N–H and O–H groups in total. The summed E-state index contributed by atoms with van der Waals surface area (Å²) in [5, 5.41) is 1.90. The molecular formula is C23H31N3O2S. The average molecular weight is 414 g/mol. The molecule has 0 saturated heterocycles. The molecule has 29 heavy (non-hydrogen) atoms. The molecular weight excluding hydrogens is 382 g/mol. The van der Waals surface area contributed by atoms with E-state index in [1.807, 2.05) is 36.6 Å². The van der Waals surface area contributed by atoms with Gasteiger partial charge in [0.05, 0.1) is 16.5 Å². The van der Waals surface area contributed by atoms with Crippen molar-refractivity contribution in [3.8, 4) is 11.5 Å². The second-order valence-electron chi connectivity index (χ2n) is 7.59. The molecule has 0 spiro atoms. The van der Waals surface area contributed by atoms with E-state index in [0.717, 1.165) is 23.9 Å². The molecule has 5 nitrogen and oxygen atoms in total. The van der Waals surface area contributed by atoms with Gasteiger partial charge in [0.2, 0.25) is 0 Å². The molecule has 1 unspecified atom stereocenters. The van der Waals surface area contributed by atoms with Crippen LogP contribution in [0, 0.1) is 0 Å². The number of hydrogen-bond acceptors (Lipinski definition) is 5. The van der Waals surface area contributed by atoms with Crippen molar-refractivity contribution >= 4 is 28.5 Å². The topological polar surface area (TPSA) is 57.0 Å². The Hall–Kier alpha value is -2.21. The number of fused-ring (bicyclic) bond motifs is 1. The molecule has 6 heteroatoms. The Balaban J connectivity index is 1.55. The number of aromatic nitrogens is 3. The van der Waals surface area contributed by atoms with Gasteiger partial charge >= 0.3 is 6.09 Å². The molecule has 0 aliphatic rings. The van der Waals surface area contributed by atoms with Gasteiger partial charge in [0.1, 0.15) is 11.8 Å². The number of thiazole rings is 1. The fourth-order valence-corrected chi connectivity index (χ4v) is 4.09. The van der Waals surface area contributed by atoms with Crippen molar-refractivity contribution in [3.05, 3.63) is 35.2 Å². The fourth-order valence-electron chi connectivity index (χ4n) is 3.55. The number of hydrogen-bond donors (Lipinski definition) is 0. The first-order valence-electron chi connectivity index (χ1n) is 10.8. The molecule has 0 saturated carbocycles. The minimum atomic E-state index is -0.381. The van der Waals surface area contributed by atoms with Crippen LogP contribution in [0.5, 0.6) is 0 Å². The highest BCUT2D eigenvalue weighted by molar-refractivity contribution is 7.07. The van der Waals surface area contributed by atoms with E-state index in [1.165, 1.54) is 56.3 Å². The summed E-state index contributed by atoms with van der Waals surface area (Å²) in [5.74, 6) is 0.539. The molecule has 0 amide bonds. The van der Waals surface area contributed by atoms with E-state index in [-0.39, 0.29) is 12.2 Å². The van der Waals surface area contributed by atoms with Gasteiger partial charge in [-0.25, -0.2) is 19.3 Å². The number of unbranched alkanes of at least 4 members (excludes halogenated alkanes) is 7. The molecule has 156 valence electrons. The zero-order valence-corrected chi connectivity index (χ0v) is 18.3. The maximum Gasteiger partial charge on any atom is 0.420 e. The number of para-hydroxylation sites is 2. The quantitative estimate of drug-likeness (QED) is 0.316. The van der Waals surface area contributed by atoms with Crippen molar-refractivity contribution < 1.29 is 9.53 Å². The van der Waals surface area contributed by atoms with Gasteiger partial charge in [-0.15, -0.1) is 11.3 Å². The predicted molar refractivity (Wildman–Crippen MR) is 119 cm³/mol. The maximum absolute atomic E-state index is 13.0. The lowest BCUT2D eigenvalue weighted by molar-refractivity contribution is 0.103. The summed E-state index contributed by atoms with van der Waals surface area (Å²) < 4.78 is 7.31. The molecule has 0 radical (unpaired) electrons. The molecule has 1 atom stereocenters. The van der Waals surface area contributed by atoms with Gasteiger partial charge in [0.25, 0.3) is 0 Å². The summed E-state index contributed by atoms with van der Waals surface area (Å²) in [4.78, 5) is 21.9. The summed E-state index contributed by atoms with van der Waals surface area (Å²) >= 11 is 1.48. The molecule has 0 bridgehead atoms. The Labute approximate surface area is 177 Å². The molecule has 2 aromatic heterocycles. The van der Waals surface area contributed by atoms with E-state index in [9.17, 15) is 4.79 Å². The van der Waals surface area contributed by atoms with Crippen LogP contribution in [0.25, 0.3) is 22.6 Å². The molecule has 3 aromatic rings. The van der Waals surface area contributed by atoms with Crippen LogP contribution in [0.15, 0.2) is 35.2 Å². The predicted octanol–water partition coefficient (Wildman–Crippen LogP) is 7.06. The maximum atomic E-state index is 13.0. The normalized spacial score (nSPS) is 12.3. The summed E-state index contributed by atoms with van der Waals surface area (Å²) in [6.07, 6.45) is 10.6. The van der Waals surface area contributed by atoms with Gasteiger partial charge in [-0.2, -0.15) is 0 Å². The van der Waals surface area contributed by atoms with Crippen LogP contribution in [0.3, 0.4) is 0 Å². The van der Waals surface area contributed by atoms with Crippen LogP contribution in [0.4, 0.5) is 4.79 Å². The van der Waals surface area contributed by atoms with E-state index >= 15 is 0 Å². The van der Waals surface area contributed by atoms with Gasteiger partial charge in [0, 0.05) is 5.38 Å². The van der Waals surface area contributed by atoms with E-state index in [0.29, 0.717) is 11.5 Å². The van der Waals surface area contributed by atoms with E-state index in [4.69, 9.17) is 4.74 Å². The molecule has 0 aliphatic heterocycles. The van der Waals surface area contributed by atoms with Crippen molar-refractivity contribution in [3.63, 3.8) is 0 Å². The van der Waals surface area contributed by atoms with Gasteiger partial charge in [-0.05, 0) is 31.9 Å². The SMILES string of the molecule is CCCCCCCCCCC(C)OC(=O)n1c(-c2cscn2)nc2ccccc21. The van der Waals surface area contributed by atoms with Crippen molar-refractivity contribution in [1.29, 1.82) is 0 Å².